The van der Waals surface area contributed by atoms with Crippen LogP contribution in [0.2, 0.25) is 5.02 Å². The summed E-state index contributed by atoms with van der Waals surface area (Å²) in [5, 5.41) is 9.61. The van der Waals surface area contributed by atoms with Crippen LogP contribution in [0.3, 0.4) is 0 Å². The summed E-state index contributed by atoms with van der Waals surface area (Å²) in [5.41, 5.74) is 1.69. The Morgan fingerprint density at radius 2 is 2.06 bits per heavy atom. The van der Waals surface area contributed by atoms with E-state index in [1.165, 1.54) is 19.3 Å². The molecule has 0 radical (unpaired) electrons. The van der Waals surface area contributed by atoms with Gasteiger partial charge in [0, 0.05) is 18.5 Å². The second-order valence-corrected chi connectivity index (χ2v) is 5.59. The predicted octanol–water partition coefficient (Wildman–Crippen LogP) is 3.03. The van der Waals surface area contributed by atoms with E-state index < -0.39 is 5.97 Å². The van der Waals surface area contributed by atoms with Crippen molar-refractivity contribution in [3.05, 3.63) is 28.8 Å². The number of aromatic carboxylic acids is 1. The number of anilines is 1. The molecule has 1 aromatic carbocycles. The molecule has 0 amide bonds. The Hall–Kier alpha value is -1.22. The number of halogens is 1. The first-order chi connectivity index (χ1) is 8.10. The van der Waals surface area contributed by atoms with Gasteiger partial charge in [0.2, 0.25) is 0 Å². The maximum absolute atomic E-state index is 10.9. The molecule has 1 N–H and O–H groups in total. The van der Waals surface area contributed by atoms with Gasteiger partial charge in [0.25, 0.3) is 0 Å². The van der Waals surface area contributed by atoms with E-state index in [9.17, 15) is 4.79 Å². The number of benzene rings is 1. The van der Waals surface area contributed by atoms with Crippen molar-refractivity contribution in [2.75, 3.05) is 18.0 Å². The molecule has 0 aromatic heterocycles. The number of rotatable bonds is 2. The van der Waals surface area contributed by atoms with Crippen LogP contribution in [0.1, 0.15) is 29.6 Å². The summed E-state index contributed by atoms with van der Waals surface area (Å²) in [4.78, 5) is 13.1. The largest absolute Gasteiger partial charge is 0.478 e. The van der Waals surface area contributed by atoms with Gasteiger partial charge >= 0.3 is 5.97 Å². The molecule has 1 spiro atoms. The fourth-order valence-corrected chi connectivity index (χ4v) is 3.05. The minimum absolute atomic E-state index is 0.305. The molecule has 2 fully saturated rings. The average Bonchev–Trinajstić information content (AvgIpc) is 2.15. The number of carboxylic acids is 1. The van der Waals surface area contributed by atoms with Gasteiger partial charge in [-0.3, -0.25) is 0 Å². The highest BCUT2D eigenvalue weighted by Gasteiger charge is 2.47. The van der Waals surface area contributed by atoms with Crippen molar-refractivity contribution in [1.29, 1.82) is 0 Å². The summed E-state index contributed by atoms with van der Waals surface area (Å²) >= 11 is 6.13. The maximum atomic E-state index is 10.9. The summed E-state index contributed by atoms with van der Waals surface area (Å²) in [5.74, 6) is -0.901. The van der Waals surface area contributed by atoms with E-state index in [0.717, 1.165) is 18.8 Å². The summed E-state index contributed by atoms with van der Waals surface area (Å²) in [6, 6.07) is 4.90. The summed E-state index contributed by atoms with van der Waals surface area (Å²) in [6.45, 7) is 2.05. The third kappa shape index (κ3) is 1.69. The molecule has 90 valence electrons. The molecule has 1 aliphatic heterocycles. The lowest BCUT2D eigenvalue weighted by Crippen LogP contribution is -2.60. The SMILES string of the molecule is O=C(O)c1ccc(Cl)c(N2CC3(CCC3)C2)c1. The van der Waals surface area contributed by atoms with E-state index in [-0.39, 0.29) is 0 Å². The number of carbonyl (C=O) groups is 1. The maximum Gasteiger partial charge on any atom is 0.335 e. The third-order valence-electron chi connectivity index (χ3n) is 4.00. The molecule has 1 aliphatic carbocycles. The lowest BCUT2D eigenvalue weighted by Gasteiger charge is -2.57. The van der Waals surface area contributed by atoms with Gasteiger partial charge in [-0.15, -0.1) is 0 Å². The summed E-state index contributed by atoms with van der Waals surface area (Å²) < 4.78 is 0. The van der Waals surface area contributed by atoms with Crippen molar-refractivity contribution in [2.45, 2.75) is 19.3 Å². The zero-order valence-corrected chi connectivity index (χ0v) is 10.2. The van der Waals surface area contributed by atoms with Gasteiger partial charge in [0.15, 0.2) is 0 Å². The second kappa shape index (κ2) is 3.64. The molecule has 17 heavy (non-hydrogen) atoms. The molecule has 0 unspecified atom stereocenters. The minimum atomic E-state index is -0.901. The second-order valence-electron chi connectivity index (χ2n) is 5.18. The van der Waals surface area contributed by atoms with Crippen LogP contribution in [0.15, 0.2) is 18.2 Å². The molecule has 3 nitrogen and oxygen atoms in total. The molecule has 1 heterocycles. The molecule has 1 saturated heterocycles. The van der Waals surface area contributed by atoms with Crippen molar-refractivity contribution in [2.24, 2.45) is 5.41 Å². The minimum Gasteiger partial charge on any atom is -0.478 e. The van der Waals surface area contributed by atoms with Crippen LogP contribution in [0.5, 0.6) is 0 Å². The van der Waals surface area contributed by atoms with Crippen molar-refractivity contribution in [1.82, 2.24) is 0 Å². The first-order valence-corrected chi connectivity index (χ1v) is 6.25. The van der Waals surface area contributed by atoms with Gasteiger partial charge in [0.1, 0.15) is 0 Å². The summed E-state index contributed by atoms with van der Waals surface area (Å²) in [6.07, 6.45) is 3.94. The first kappa shape index (κ1) is 10.9. The van der Waals surface area contributed by atoms with Crippen LogP contribution in [0.25, 0.3) is 0 Å². The molecule has 0 bridgehead atoms. The molecular weight excluding hydrogens is 238 g/mol. The molecule has 4 heteroatoms. The van der Waals surface area contributed by atoms with Gasteiger partial charge < -0.3 is 10.0 Å². The number of nitrogens with zero attached hydrogens (tertiary/aromatic N) is 1. The molecule has 0 atom stereocenters. The van der Waals surface area contributed by atoms with E-state index in [1.807, 2.05) is 0 Å². The zero-order chi connectivity index (χ0) is 12.0. The molecular formula is C13H14ClNO2. The Kier molecular flexibility index (Phi) is 2.33. The monoisotopic (exact) mass is 251 g/mol. The fraction of sp³-hybridized carbons (Fsp3) is 0.462. The van der Waals surface area contributed by atoms with Crippen LogP contribution in [0, 0.1) is 5.41 Å². The zero-order valence-electron chi connectivity index (χ0n) is 9.45. The molecule has 2 aliphatic rings. The van der Waals surface area contributed by atoms with Gasteiger partial charge in [-0.2, -0.15) is 0 Å². The van der Waals surface area contributed by atoms with Crippen molar-refractivity contribution in [3.63, 3.8) is 0 Å². The van der Waals surface area contributed by atoms with E-state index in [2.05, 4.69) is 4.90 Å². The highest BCUT2D eigenvalue weighted by atomic mass is 35.5. The Balaban J connectivity index is 1.83. The Morgan fingerprint density at radius 1 is 1.35 bits per heavy atom. The van der Waals surface area contributed by atoms with Crippen molar-refractivity contribution in [3.8, 4) is 0 Å². The molecule has 3 rings (SSSR count). The van der Waals surface area contributed by atoms with Crippen LogP contribution >= 0.6 is 11.6 Å². The highest BCUT2D eigenvalue weighted by molar-refractivity contribution is 6.33. The standard InChI is InChI=1S/C13H14ClNO2/c14-10-3-2-9(12(16)17)6-11(10)15-7-13(8-15)4-1-5-13/h2-3,6H,1,4-5,7-8H2,(H,16,17). The van der Waals surface area contributed by atoms with Gasteiger partial charge in [0.05, 0.1) is 16.3 Å². The van der Waals surface area contributed by atoms with Gasteiger partial charge in [-0.1, -0.05) is 18.0 Å². The normalized spacial score (nSPS) is 20.9. The Morgan fingerprint density at radius 3 is 2.59 bits per heavy atom. The van der Waals surface area contributed by atoms with Crippen LogP contribution < -0.4 is 4.90 Å². The van der Waals surface area contributed by atoms with Crippen LogP contribution in [-0.4, -0.2) is 24.2 Å². The van der Waals surface area contributed by atoms with Crippen molar-refractivity contribution >= 4 is 23.3 Å². The third-order valence-corrected chi connectivity index (χ3v) is 4.32. The van der Waals surface area contributed by atoms with Gasteiger partial charge in [-0.25, -0.2) is 4.79 Å². The number of hydrogen-bond donors (Lipinski definition) is 1. The Labute approximate surface area is 105 Å². The number of carboxylic acid groups (broad SMARTS) is 1. The Bertz CT molecular complexity index is 474. The molecule has 1 aromatic rings. The van der Waals surface area contributed by atoms with E-state index >= 15 is 0 Å². The topological polar surface area (TPSA) is 40.5 Å². The average molecular weight is 252 g/mol. The first-order valence-electron chi connectivity index (χ1n) is 5.88. The lowest BCUT2D eigenvalue weighted by atomic mass is 9.63. The van der Waals surface area contributed by atoms with E-state index in [4.69, 9.17) is 16.7 Å². The van der Waals surface area contributed by atoms with E-state index in [0.29, 0.717) is 16.0 Å². The van der Waals surface area contributed by atoms with Gasteiger partial charge in [-0.05, 0) is 31.0 Å². The van der Waals surface area contributed by atoms with E-state index in [1.54, 1.807) is 18.2 Å². The smallest absolute Gasteiger partial charge is 0.335 e. The van der Waals surface area contributed by atoms with Crippen LogP contribution in [-0.2, 0) is 0 Å². The fourth-order valence-electron chi connectivity index (χ4n) is 2.81. The van der Waals surface area contributed by atoms with Crippen LogP contribution in [0.4, 0.5) is 5.69 Å². The predicted molar refractivity (Wildman–Crippen MR) is 66.9 cm³/mol. The highest BCUT2D eigenvalue weighted by Crippen LogP contribution is 2.50. The lowest BCUT2D eigenvalue weighted by molar-refractivity contribution is 0.0696. The van der Waals surface area contributed by atoms with Crippen molar-refractivity contribution < 1.29 is 9.90 Å². The number of hydrogen-bond acceptors (Lipinski definition) is 2. The quantitative estimate of drug-likeness (QED) is 0.878. The molecule has 1 saturated carbocycles. The summed E-state index contributed by atoms with van der Waals surface area (Å²) in [7, 11) is 0.